The monoisotopic (exact) mass is 202 g/mol. The quantitative estimate of drug-likeness (QED) is 0.746. The van der Waals surface area contributed by atoms with Gasteiger partial charge in [-0.3, -0.25) is 4.68 Å². The molecule has 0 saturated heterocycles. The lowest BCUT2D eigenvalue weighted by Gasteiger charge is -2.09. The maximum atomic E-state index is 4.44. The van der Waals surface area contributed by atoms with Gasteiger partial charge in [0.15, 0.2) is 0 Å². The highest BCUT2D eigenvalue weighted by atomic mass is 15.3. The van der Waals surface area contributed by atoms with Gasteiger partial charge in [0.25, 0.3) is 0 Å². The molecule has 0 aliphatic rings. The molecule has 2 nitrogen and oxygen atoms in total. The van der Waals surface area contributed by atoms with E-state index < -0.39 is 0 Å². The normalized spacial score (nSPS) is 13.3. The van der Waals surface area contributed by atoms with Crippen molar-refractivity contribution in [1.82, 2.24) is 9.78 Å². The van der Waals surface area contributed by atoms with Gasteiger partial charge in [-0.1, -0.05) is 32.4 Å². The van der Waals surface area contributed by atoms with Crippen molar-refractivity contribution in [3.8, 4) is 0 Å². The van der Waals surface area contributed by atoms with E-state index in [1.165, 1.54) is 22.9 Å². The van der Waals surface area contributed by atoms with Crippen LogP contribution in [0.5, 0.6) is 0 Å². The minimum absolute atomic E-state index is 0.689. The lowest BCUT2D eigenvalue weighted by Crippen LogP contribution is -2.07. The lowest BCUT2D eigenvalue weighted by molar-refractivity contribution is 0.448. The topological polar surface area (TPSA) is 17.8 Å². The lowest BCUT2D eigenvalue weighted by atomic mass is 10.1. The van der Waals surface area contributed by atoms with Crippen molar-refractivity contribution in [3.63, 3.8) is 0 Å². The number of nitrogens with zero attached hydrogens (tertiary/aromatic N) is 2. The maximum Gasteiger partial charge on any atom is 0.0685 e. The number of aromatic nitrogens is 2. The van der Waals surface area contributed by atoms with Crippen molar-refractivity contribution in [2.75, 3.05) is 0 Å². The first-order valence-electron chi connectivity index (χ1n) is 5.63. The van der Waals surface area contributed by atoms with E-state index in [1.54, 1.807) is 0 Å². The number of hydrogen-bond donors (Lipinski definition) is 0. The number of aryl methyl sites for hydroxylation is 1. The summed E-state index contributed by atoms with van der Waals surface area (Å²) in [5.41, 5.74) is 2.56. The van der Waals surface area contributed by atoms with Crippen LogP contribution in [-0.2, 0) is 6.54 Å². The van der Waals surface area contributed by atoms with Gasteiger partial charge in [-0.2, -0.15) is 5.10 Å². The smallest absolute Gasteiger partial charge is 0.0685 e. The summed E-state index contributed by atoms with van der Waals surface area (Å²) >= 11 is 0. The maximum absolute atomic E-state index is 4.44. The summed E-state index contributed by atoms with van der Waals surface area (Å²) in [6.45, 7) is 7.63. The highest BCUT2D eigenvalue weighted by Gasteiger charge is 2.05. The molecule has 0 bridgehead atoms. The van der Waals surface area contributed by atoms with E-state index in [1.807, 2.05) is 6.20 Å². The summed E-state index contributed by atoms with van der Waals surface area (Å²) < 4.78 is 2.12. The second-order valence-electron chi connectivity index (χ2n) is 4.40. The zero-order chi connectivity index (χ0) is 10.8. The van der Waals surface area contributed by atoms with E-state index in [0.717, 1.165) is 6.54 Å². The Morgan fingerprint density at radius 3 is 2.93 bits per heavy atom. The second kappa shape index (κ2) is 4.05. The highest BCUT2D eigenvalue weighted by Crippen LogP contribution is 2.17. The van der Waals surface area contributed by atoms with E-state index in [0.29, 0.717) is 5.92 Å². The molecule has 0 saturated carbocycles. The number of rotatable bonds is 3. The molecule has 2 aromatic rings. The van der Waals surface area contributed by atoms with Gasteiger partial charge in [-0.15, -0.1) is 0 Å². The van der Waals surface area contributed by atoms with Crippen molar-refractivity contribution in [1.29, 1.82) is 0 Å². The molecule has 15 heavy (non-hydrogen) atoms. The Bertz CT molecular complexity index is 457. The minimum atomic E-state index is 0.689. The van der Waals surface area contributed by atoms with E-state index in [2.05, 4.69) is 48.8 Å². The molecule has 80 valence electrons. The van der Waals surface area contributed by atoms with Gasteiger partial charge in [0, 0.05) is 11.9 Å². The van der Waals surface area contributed by atoms with Crippen molar-refractivity contribution >= 4 is 10.9 Å². The van der Waals surface area contributed by atoms with E-state index in [9.17, 15) is 0 Å². The second-order valence-corrected chi connectivity index (χ2v) is 4.40. The fraction of sp³-hybridized carbons (Fsp3) is 0.462. The van der Waals surface area contributed by atoms with E-state index >= 15 is 0 Å². The average molecular weight is 202 g/mol. The van der Waals surface area contributed by atoms with Gasteiger partial charge in [-0.25, -0.2) is 0 Å². The van der Waals surface area contributed by atoms with Gasteiger partial charge >= 0.3 is 0 Å². The van der Waals surface area contributed by atoms with Crippen LogP contribution in [0.1, 0.15) is 25.8 Å². The van der Waals surface area contributed by atoms with Crippen LogP contribution in [0.3, 0.4) is 0 Å². The zero-order valence-electron chi connectivity index (χ0n) is 9.70. The number of benzene rings is 1. The Kier molecular flexibility index (Phi) is 2.76. The molecular weight excluding hydrogens is 184 g/mol. The van der Waals surface area contributed by atoms with Crippen LogP contribution < -0.4 is 0 Å². The Labute approximate surface area is 90.9 Å². The summed E-state index contributed by atoms with van der Waals surface area (Å²) in [5, 5.41) is 5.68. The summed E-state index contributed by atoms with van der Waals surface area (Å²) in [4.78, 5) is 0. The molecule has 1 atom stereocenters. The third-order valence-corrected chi connectivity index (χ3v) is 2.98. The predicted octanol–water partition coefficient (Wildman–Crippen LogP) is 3.39. The van der Waals surface area contributed by atoms with Crippen LogP contribution in [0, 0.1) is 12.8 Å². The van der Waals surface area contributed by atoms with Crippen molar-refractivity contribution in [2.45, 2.75) is 33.7 Å². The fourth-order valence-electron chi connectivity index (χ4n) is 1.75. The van der Waals surface area contributed by atoms with Crippen LogP contribution in [-0.4, -0.2) is 9.78 Å². The molecule has 0 unspecified atom stereocenters. The first-order chi connectivity index (χ1) is 7.20. The summed E-state index contributed by atoms with van der Waals surface area (Å²) in [7, 11) is 0. The molecule has 0 N–H and O–H groups in total. The molecule has 1 aromatic heterocycles. The fourth-order valence-corrected chi connectivity index (χ4v) is 1.75. The van der Waals surface area contributed by atoms with Gasteiger partial charge < -0.3 is 0 Å². The molecule has 2 rings (SSSR count). The molecule has 0 spiro atoms. The number of hydrogen-bond acceptors (Lipinski definition) is 1. The van der Waals surface area contributed by atoms with Gasteiger partial charge in [-0.05, 0) is 24.5 Å². The third-order valence-electron chi connectivity index (χ3n) is 2.98. The largest absolute Gasteiger partial charge is 0.265 e. The van der Waals surface area contributed by atoms with Crippen molar-refractivity contribution in [2.24, 2.45) is 5.92 Å². The molecule has 0 fully saturated rings. The SMILES string of the molecule is CC[C@@H](C)Cn1ncc2ccc(C)cc21. The van der Waals surface area contributed by atoms with E-state index in [4.69, 9.17) is 0 Å². The standard InChI is InChI=1S/C13H18N2/c1-4-10(2)9-15-13-7-11(3)5-6-12(13)8-14-15/h5-8,10H,4,9H2,1-3H3/t10-/m1/s1. The average Bonchev–Trinajstić information content (AvgIpc) is 2.61. The molecule has 2 heteroatoms. The molecule has 0 aliphatic carbocycles. The molecule has 0 aliphatic heterocycles. The molecule has 1 aromatic carbocycles. The van der Waals surface area contributed by atoms with Crippen LogP contribution >= 0.6 is 0 Å². The van der Waals surface area contributed by atoms with Gasteiger partial charge in [0.1, 0.15) is 0 Å². The molecule has 0 amide bonds. The minimum Gasteiger partial charge on any atom is -0.265 e. The van der Waals surface area contributed by atoms with Crippen LogP contribution in [0.2, 0.25) is 0 Å². The Morgan fingerprint density at radius 2 is 2.20 bits per heavy atom. The first kappa shape index (κ1) is 10.2. The van der Waals surface area contributed by atoms with Crippen LogP contribution in [0.15, 0.2) is 24.4 Å². The van der Waals surface area contributed by atoms with Gasteiger partial charge in [0.2, 0.25) is 0 Å². The van der Waals surface area contributed by atoms with Crippen LogP contribution in [0.25, 0.3) is 10.9 Å². The third kappa shape index (κ3) is 2.04. The summed E-state index contributed by atoms with van der Waals surface area (Å²) in [5.74, 6) is 0.689. The Morgan fingerprint density at radius 1 is 1.40 bits per heavy atom. The van der Waals surface area contributed by atoms with Crippen molar-refractivity contribution < 1.29 is 0 Å². The predicted molar refractivity (Wildman–Crippen MR) is 63.9 cm³/mol. The Balaban J connectivity index is 2.39. The van der Waals surface area contributed by atoms with Crippen LogP contribution in [0.4, 0.5) is 0 Å². The molecule has 1 heterocycles. The number of fused-ring (bicyclic) bond motifs is 1. The summed E-state index contributed by atoms with van der Waals surface area (Å²) in [6.07, 6.45) is 3.16. The van der Waals surface area contributed by atoms with Gasteiger partial charge in [0.05, 0.1) is 11.7 Å². The van der Waals surface area contributed by atoms with E-state index in [-0.39, 0.29) is 0 Å². The highest BCUT2D eigenvalue weighted by molar-refractivity contribution is 5.79. The van der Waals surface area contributed by atoms with Crippen molar-refractivity contribution in [3.05, 3.63) is 30.0 Å². The zero-order valence-corrected chi connectivity index (χ0v) is 9.70. The Hall–Kier alpha value is -1.31. The molecule has 0 radical (unpaired) electrons. The first-order valence-corrected chi connectivity index (χ1v) is 5.63. The summed E-state index contributed by atoms with van der Waals surface area (Å²) in [6, 6.07) is 6.49. The molecular formula is C13H18N2.